The first-order valence-corrected chi connectivity index (χ1v) is 9.71. The number of aromatic nitrogens is 2. The van der Waals surface area contributed by atoms with Crippen molar-refractivity contribution in [1.29, 1.82) is 0 Å². The Balaban J connectivity index is 1.47. The maximum absolute atomic E-state index is 6.30. The Labute approximate surface area is 164 Å². The molecule has 0 saturated carbocycles. The van der Waals surface area contributed by atoms with Crippen LogP contribution in [0.2, 0.25) is 5.02 Å². The molecule has 0 saturated heterocycles. The van der Waals surface area contributed by atoms with Crippen LogP contribution in [0.5, 0.6) is 11.5 Å². The summed E-state index contributed by atoms with van der Waals surface area (Å²) in [5, 5.41) is 11.4. The van der Waals surface area contributed by atoms with Gasteiger partial charge in [0.15, 0.2) is 17.5 Å². The number of hydrogen-bond acceptors (Lipinski definition) is 4. The van der Waals surface area contributed by atoms with E-state index in [2.05, 4.69) is 27.6 Å². The van der Waals surface area contributed by atoms with Crippen LogP contribution in [0.25, 0.3) is 0 Å². The van der Waals surface area contributed by atoms with Gasteiger partial charge in [0, 0.05) is 38.6 Å². The van der Waals surface area contributed by atoms with Crippen LogP contribution in [0.3, 0.4) is 0 Å². The standard InChI is InChI=1S/C19H26ClN5O2/c1-2-21-19(22-6-3-9-25-10-4-7-24-25)23-8-5-15-13-16(20)18-17(14-15)26-11-12-27-18/h4,7,10,13-14H,2-3,5-6,8-9,11-12H2,1H3,(H2,21,22,23). The molecule has 0 atom stereocenters. The van der Waals surface area contributed by atoms with Crippen LogP contribution in [0.15, 0.2) is 35.6 Å². The van der Waals surface area contributed by atoms with Crippen LogP contribution < -0.4 is 20.1 Å². The average Bonchev–Trinajstić information content (AvgIpc) is 3.19. The second-order valence-corrected chi connectivity index (χ2v) is 6.57. The average molecular weight is 392 g/mol. The number of halogens is 1. The van der Waals surface area contributed by atoms with E-state index >= 15 is 0 Å². The van der Waals surface area contributed by atoms with Crippen molar-refractivity contribution < 1.29 is 9.47 Å². The Kier molecular flexibility index (Phi) is 7.21. The van der Waals surface area contributed by atoms with Gasteiger partial charge in [0.1, 0.15) is 13.2 Å². The van der Waals surface area contributed by atoms with Crippen molar-refractivity contribution >= 4 is 17.6 Å². The minimum atomic E-state index is 0.538. The highest BCUT2D eigenvalue weighted by atomic mass is 35.5. The molecular formula is C19H26ClN5O2. The molecule has 1 aliphatic heterocycles. The van der Waals surface area contributed by atoms with E-state index in [9.17, 15) is 0 Å². The van der Waals surface area contributed by atoms with E-state index in [0.29, 0.717) is 24.0 Å². The first-order chi connectivity index (χ1) is 13.3. The molecule has 146 valence electrons. The number of hydrogen-bond donors (Lipinski definition) is 2. The molecule has 0 amide bonds. The van der Waals surface area contributed by atoms with Gasteiger partial charge in [-0.2, -0.15) is 5.10 Å². The van der Waals surface area contributed by atoms with E-state index < -0.39 is 0 Å². The SMILES string of the molecule is CCNC(=NCCCn1cccn1)NCCc1cc(Cl)c2c(c1)OCCO2. The van der Waals surface area contributed by atoms with Crippen LogP contribution in [0, 0.1) is 0 Å². The van der Waals surface area contributed by atoms with Crippen molar-refractivity contribution in [3.05, 3.63) is 41.2 Å². The molecule has 3 rings (SSSR count). The fourth-order valence-electron chi connectivity index (χ4n) is 2.83. The van der Waals surface area contributed by atoms with E-state index in [1.165, 1.54) is 0 Å². The molecule has 1 aromatic carbocycles. The lowest BCUT2D eigenvalue weighted by Crippen LogP contribution is -2.38. The summed E-state index contributed by atoms with van der Waals surface area (Å²) in [4.78, 5) is 4.61. The third kappa shape index (κ3) is 5.79. The molecule has 8 heteroatoms. The number of nitrogens with zero attached hydrogens (tertiary/aromatic N) is 3. The number of nitrogens with one attached hydrogen (secondary N) is 2. The quantitative estimate of drug-likeness (QED) is 0.411. The summed E-state index contributed by atoms with van der Waals surface area (Å²) in [6.45, 7) is 6.33. The zero-order valence-electron chi connectivity index (χ0n) is 15.6. The van der Waals surface area contributed by atoms with Crippen molar-refractivity contribution in [1.82, 2.24) is 20.4 Å². The number of aryl methyl sites for hydroxylation is 1. The molecule has 0 bridgehead atoms. The minimum Gasteiger partial charge on any atom is -0.486 e. The molecule has 1 aromatic heterocycles. The highest BCUT2D eigenvalue weighted by Gasteiger charge is 2.16. The third-order valence-corrected chi connectivity index (χ3v) is 4.36. The van der Waals surface area contributed by atoms with Crippen molar-refractivity contribution in [2.45, 2.75) is 26.3 Å². The maximum atomic E-state index is 6.30. The van der Waals surface area contributed by atoms with Gasteiger partial charge in [-0.1, -0.05) is 11.6 Å². The maximum Gasteiger partial charge on any atom is 0.191 e. The van der Waals surface area contributed by atoms with Crippen molar-refractivity contribution in [3.8, 4) is 11.5 Å². The Morgan fingerprint density at radius 3 is 3.00 bits per heavy atom. The fourth-order valence-corrected chi connectivity index (χ4v) is 3.12. The van der Waals surface area contributed by atoms with Crippen molar-refractivity contribution in [2.24, 2.45) is 4.99 Å². The van der Waals surface area contributed by atoms with Crippen LogP contribution in [-0.4, -0.2) is 48.6 Å². The summed E-state index contributed by atoms with van der Waals surface area (Å²) in [6.07, 6.45) is 5.51. The summed E-state index contributed by atoms with van der Waals surface area (Å²) in [5.41, 5.74) is 1.10. The molecule has 7 nitrogen and oxygen atoms in total. The Bertz CT molecular complexity index is 749. The Morgan fingerprint density at radius 1 is 1.30 bits per heavy atom. The van der Waals surface area contributed by atoms with Gasteiger partial charge in [-0.05, 0) is 43.5 Å². The van der Waals surface area contributed by atoms with Crippen LogP contribution in [0.1, 0.15) is 18.9 Å². The molecule has 27 heavy (non-hydrogen) atoms. The summed E-state index contributed by atoms with van der Waals surface area (Å²) in [6, 6.07) is 5.86. The molecule has 0 spiro atoms. The Morgan fingerprint density at radius 2 is 2.19 bits per heavy atom. The second kappa shape index (κ2) is 10.1. The van der Waals surface area contributed by atoms with E-state index in [4.69, 9.17) is 21.1 Å². The molecule has 0 unspecified atom stereocenters. The van der Waals surface area contributed by atoms with E-state index in [-0.39, 0.29) is 0 Å². The van der Waals surface area contributed by atoms with Gasteiger partial charge in [-0.15, -0.1) is 0 Å². The number of rotatable bonds is 8. The van der Waals surface area contributed by atoms with Gasteiger partial charge >= 0.3 is 0 Å². The largest absolute Gasteiger partial charge is 0.486 e. The summed E-state index contributed by atoms with van der Waals surface area (Å²) in [5.74, 6) is 2.19. The summed E-state index contributed by atoms with van der Waals surface area (Å²) < 4.78 is 13.1. The van der Waals surface area contributed by atoms with Gasteiger partial charge in [0.2, 0.25) is 0 Å². The monoisotopic (exact) mass is 391 g/mol. The fraction of sp³-hybridized carbons (Fsp3) is 0.474. The van der Waals surface area contributed by atoms with Gasteiger partial charge < -0.3 is 20.1 Å². The predicted molar refractivity (Wildman–Crippen MR) is 107 cm³/mol. The zero-order chi connectivity index (χ0) is 18.9. The molecule has 0 radical (unpaired) electrons. The van der Waals surface area contributed by atoms with Gasteiger partial charge in [-0.25, -0.2) is 0 Å². The number of guanidine groups is 1. The smallest absolute Gasteiger partial charge is 0.191 e. The minimum absolute atomic E-state index is 0.538. The third-order valence-electron chi connectivity index (χ3n) is 4.08. The van der Waals surface area contributed by atoms with Crippen molar-refractivity contribution in [3.63, 3.8) is 0 Å². The van der Waals surface area contributed by atoms with Crippen LogP contribution >= 0.6 is 11.6 Å². The number of ether oxygens (including phenoxy) is 2. The van der Waals surface area contributed by atoms with E-state index in [1.807, 2.05) is 29.1 Å². The molecule has 2 N–H and O–H groups in total. The highest BCUT2D eigenvalue weighted by molar-refractivity contribution is 6.32. The Hall–Kier alpha value is -2.41. The van der Waals surface area contributed by atoms with Gasteiger partial charge in [0.05, 0.1) is 5.02 Å². The highest BCUT2D eigenvalue weighted by Crippen LogP contribution is 2.38. The first kappa shape index (κ1) is 19.4. The molecule has 0 fully saturated rings. The lowest BCUT2D eigenvalue weighted by molar-refractivity contribution is 0.171. The normalized spacial score (nSPS) is 13.5. The molecule has 2 aromatic rings. The van der Waals surface area contributed by atoms with E-state index in [1.54, 1.807) is 6.20 Å². The lowest BCUT2D eigenvalue weighted by atomic mass is 10.1. The van der Waals surface area contributed by atoms with Crippen LogP contribution in [0.4, 0.5) is 0 Å². The predicted octanol–water partition coefficient (Wildman–Crippen LogP) is 2.50. The summed E-state index contributed by atoms with van der Waals surface area (Å²) in [7, 11) is 0. The number of benzene rings is 1. The lowest BCUT2D eigenvalue weighted by Gasteiger charge is -2.20. The molecular weight excluding hydrogens is 366 g/mol. The van der Waals surface area contributed by atoms with Gasteiger partial charge in [0.25, 0.3) is 0 Å². The van der Waals surface area contributed by atoms with Crippen LogP contribution in [-0.2, 0) is 13.0 Å². The van der Waals surface area contributed by atoms with Gasteiger partial charge in [-0.3, -0.25) is 9.67 Å². The molecule has 0 aliphatic carbocycles. The number of fused-ring (bicyclic) bond motifs is 1. The zero-order valence-corrected chi connectivity index (χ0v) is 16.3. The van der Waals surface area contributed by atoms with E-state index in [0.717, 1.165) is 56.3 Å². The molecule has 1 aliphatic rings. The van der Waals surface area contributed by atoms with Crippen molar-refractivity contribution in [2.75, 3.05) is 32.8 Å². The topological polar surface area (TPSA) is 72.7 Å². The molecule has 2 heterocycles. The first-order valence-electron chi connectivity index (χ1n) is 9.34. The second-order valence-electron chi connectivity index (χ2n) is 6.16. The summed E-state index contributed by atoms with van der Waals surface area (Å²) >= 11 is 6.30. The number of aliphatic imine (C=N–C) groups is 1.